The molecule has 0 spiro atoms. The second-order valence-electron chi connectivity index (χ2n) is 6.08. The van der Waals surface area contributed by atoms with E-state index in [9.17, 15) is 8.42 Å². The third kappa shape index (κ3) is 2.74. The van der Waals surface area contributed by atoms with Gasteiger partial charge in [-0.05, 0) is 49.3 Å². The molecule has 1 heterocycles. The maximum Gasteiger partial charge on any atom is 0.243 e. The first-order valence-corrected chi connectivity index (χ1v) is 8.64. The highest BCUT2D eigenvalue weighted by molar-refractivity contribution is 7.89. The van der Waals surface area contributed by atoms with Crippen LogP contribution in [0.4, 0.5) is 0 Å². The molecule has 3 unspecified atom stereocenters. The summed E-state index contributed by atoms with van der Waals surface area (Å²) < 4.78 is 27.2. The van der Waals surface area contributed by atoms with E-state index in [0.29, 0.717) is 30.1 Å². The predicted octanol–water partition coefficient (Wildman–Crippen LogP) is 1.65. The van der Waals surface area contributed by atoms with Crippen LogP contribution in [-0.2, 0) is 10.0 Å². The molecule has 0 aromatic heterocycles. The minimum atomic E-state index is -3.54. The average Bonchev–Trinajstić information content (AvgIpc) is 3.02. The first kappa shape index (κ1) is 17.2. The molecule has 22 heavy (non-hydrogen) atoms. The molecule has 120 valence electrons. The predicted molar refractivity (Wildman–Crippen MR) is 86.1 cm³/mol. The molecule has 1 saturated heterocycles. The van der Waals surface area contributed by atoms with Crippen molar-refractivity contribution in [2.24, 2.45) is 17.6 Å². The normalized spacial score (nSPS) is 28.0. The summed E-state index contributed by atoms with van der Waals surface area (Å²) in [4.78, 5) is 0.245. The highest BCUT2D eigenvalue weighted by Gasteiger charge is 2.45. The molecule has 1 aliphatic heterocycles. The topological polar surface area (TPSA) is 87.2 Å². The smallest absolute Gasteiger partial charge is 0.243 e. The van der Waals surface area contributed by atoms with Crippen molar-refractivity contribution in [3.05, 3.63) is 29.3 Å². The molecule has 1 aliphatic carbocycles. The van der Waals surface area contributed by atoms with Crippen molar-refractivity contribution in [1.29, 1.82) is 5.26 Å². The average molecular weight is 342 g/mol. The van der Waals surface area contributed by atoms with Crippen LogP contribution in [0.25, 0.3) is 0 Å². The molecule has 1 aromatic rings. The van der Waals surface area contributed by atoms with Gasteiger partial charge in [-0.1, -0.05) is 6.07 Å². The fraction of sp³-hybridized carbons (Fsp3) is 0.533. The second kappa shape index (κ2) is 6.17. The monoisotopic (exact) mass is 341 g/mol. The van der Waals surface area contributed by atoms with Crippen LogP contribution >= 0.6 is 12.4 Å². The molecule has 2 fully saturated rings. The lowest BCUT2D eigenvalue weighted by atomic mass is 9.98. The number of nitrogens with zero attached hydrogens (tertiary/aromatic N) is 2. The van der Waals surface area contributed by atoms with E-state index >= 15 is 0 Å². The van der Waals surface area contributed by atoms with Gasteiger partial charge in [0.25, 0.3) is 0 Å². The van der Waals surface area contributed by atoms with Crippen LogP contribution in [0.5, 0.6) is 0 Å². The highest BCUT2D eigenvalue weighted by Crippen LogP contribution is 2.39. The Balaban J connectivity index is 0.00000176. The number of fused-ring (bicyclic) bond motifs is 1. The van der Waals surface area contributed by atoms with Crippen LogP contribution in [-0.4, -0.2) is 31.9 Å². The van der Waals surface area contributed by atoms with Crippen LogP contribution in [0.1, 0.15) is 24.0 Å². The molecular formula is C15H20ClN3O2S. The van der Waals surface area contributed by atoms with Crippen molar-refractivity contribution in [2.75, 3.05) is 13.1 Å². The van der Waals surface area contributed by atoms with E-state index in [-0.39, 0.29) is 29.3 Å². The zero-order chi connectivity index (χ0) is 15.2. The van der Waals surface area contributed by atoms with Crippen molar-refractivity contribution < 1.29 is 8.42 Å². The van der Waals surface area contributed by atoms with Crippen molar-refractivity contribution in [2.45, 2.75) is 30.7 Å². The second-order valence-corrected chi connectivity index (χ2v) is 7.99. The minimum Gasteiger partial charge on any atom is -0.327 e. The van der Waals surface area contributed by atoms with Gasteiger partial charge >= 0.3 is 0 Å². The Labute approximate surface area is 137 Å². The number of nitrogens with two attached hydrogens (primary N) is 1. The Morgan fingerprint density at radius 1 is 1.32 bits per heavy atom. The van der Waals surface area contributed by atoms with Gasteiger partial charge in [-0.25, -0.2) is 8.42 Å². The number of rotatable bonds is 2. The number of benzene rings is 1. The molecule has 0 radical (unpaired) electrons. The van der Waals surface area contributed by atoms with Gasteiger partial charge in [0.05, 0.1) is 16.5 Å². The molecule has 3 rings (SSSR count). The number of halogens is 1. The molecule has 1 aromatic carbocycles. The Bertz CT molecular complexity index is 714. The largest absolute Gasteiger partial charge is 0.327 e. The summed E-state index contributed by atoms with van der Waals surface area (Å²) in [5, 5.41) is 8.98. The van der Waals surface area contributed by atoms with E-state index in [1.165, 1.54) is 6.07 Å². The lowest BCUT2D eigenvalue weighted by Crippen LogP contribution is -2.33. The number of hydrogen-bond donors (Lipinski definition) is 1. The van der Waals surface area contributed by atoms with Gasteiger partial charge in [0.1, 0.15) is 0 Å². The summed E-state index contributed by atoms with van der Waals surface area (Å²) in [5.41, 5.74) is 7.12. The molecule has 7 heteroatoms. The highest BCUT2D eigenvalue weighted by atomic mass is 35.5. The first-order valence-electron chi connectivity index (χ1n) is 7.20. The molecule has 0 amide bonds. The summed E-state index contributed by atoms with van der Waals surface area (Å²) in [6, 6.07) is 6.92. The SMILES string of the molecule is Cc1ccc(C#N)cc1S(=O)(=O)N1CC2CCC(N)C2C1.Cl. The van der Waals surface area contributed by atoms with Gasteiger partial charge in [0, 0.05) is 19.1 Å². The third-order valence-electron chi connectivity index (χ3n) is 4.81. The van der Waals surface area contributed by atoms with Crippen LogP contribution in [0.2, 0.25) is 0 Å². The van der Waals surface area contributed by atoms with Crippen molar-refractivity contribution >= 4 is 22.4 Å². The molecule has 5 nitrogen and oxygen atoms in total. The molecular weight excluding hydrogens is 322 g/mol. The maximum absolute atomic E-state index is 12.8. The minimum absolute atomic E-state index is 0. The Kier molecular flexibility index (Phi) is 4.83. The lowest BCUT2D eigenvalue weighted by molar-refractivity contribution is 0.427. The van der Waals surface area contributed by atoms with Crippen LogP contribution in [0.3, 0.4) is 0 Å². The van der Waals surface area contributed by atoms with E-state index in [1.54, 1.807) is 23.4 Å². The van der Waals surface area contributed by atoms with E-state index in [0.717, 1.165) is 12.8 Å². The summed E-state index contributed by atoms with van der Waals surface area (Å²) in [6.07, 6.45) is 2.00. The quantitative estimate of drug-likeness (QED) is 0.886. The van der Waals surface area contributed by atoms with Crippen molar-refractivity contribution in [3.8, 4) is 6.07 Å². The molecule has 0 bridgehead atoms. The van der Waals surface area contributed by atoms with Gasteiger partial charge in [-0.15, -0.1) is 12.4 Å². The van der Waals surface area contributed by atoms with E-state index in [4.69, 9.17) is 11.0 Å². The molecule has 2 aliphatic rings. The molecule has 3 atom stereocenters. The summed E-state index contributed by atoms with van der Waals surface area (Å²) in [6.45, 7) is 2.82. The summed E-state index contributed by atoms with van der Waals surface area (Å²) in [5.74, 6) is 0.661. The number of nitriles is 1. The number of sulfonamides is 1. The Morgan fingerprint density at radius 3 is 2.68 bits per heavy atom. The summed E-state index contributed by atoms with van der Waals surface area (Å²) >= 11 is 0. The maximum atomic E-state index is 12.8. The standard InChI is InChI=1S/C15H19N3O2S.ClH/c1-10-2-3-11(7-16)6-15(10)21(19,20)18-8-12-4-5-14(17)13(12)9-18;/h2-3,6,12-14H,4-5,8-9,17H2,1H3;1H. The van der Waals surface area contributed by atoms with Crippen LogP contribution in [0, 0.1) is 30.1 Å². The van der Waals surface area contributed by atoms with Crippen molar-refractivity contribution in [1.82, 2.24) is 4.31 Å². The van der Waals surface area contributed by atoms with Gasteiger partial charge in [0.15, 0.2) is 0 Å². The van der Waals surface area contributed by atoms with Gasteiger partial charge in [-0.2, -0.15) is 9.57 Å². The molecule has 1 saturated carbocycles. The van der Waals surface area contributed by atoms with Crippen LogP contribution < -0.4 is 5.73 Å². The fourth-order valence-electron chi connectivity index (χ4n) is 3.55. The first-order chi connectivity index (χ1) is 9.93. The Hall–Kier alpha value is -1.13. The summed E-state index contributed by atoms with van der Waals surface area (Å²) in [7, 11) is -3.54. The fourth-order valence-corrected chi connectivity index (χ4v) is 5.33. The zero-order valence-electron chi connectivity index (χ0n) is 12.4. The van der Waals surface area contributed by atoms with Crippen molar-refractivity contribution in [3.63, 3.8) is 0 Å². The number of aryl methyl sites for hydroxylation is 1. The van der Waals surface area contributed by atoms with Gasteiger partial charge < -0.3 is 5.73 Å². The Morgan fingerprint density at radius 2 is 2.05 bits per heavy atom. The lowest BCUT2D eigenvalue weighted by Gasteiger charge is -2.20. The number of hydrogen-bond acceptors (Lipinski definition) is 4. The van der Waals surface area contributed by atoms with E-state index in [1.807, 2.05) is 6.07 Å². The molecule has 2 N–H and O–H groups in total. The zero-order valence-corrected chi connectivity index (χ0v) is 14.0. The van der Waals surface area contributed by atoms with E-state index in [2.05, 4.69) is 0 Å². The van der Waals surface area contributed by atoms with Crippen LogP contribution in [0.15, 0.2) is 23.1 Å². The third-order valence-corrected chi connectivity index (χ3v) is 6.79. The van der Waals surface area contributed by atoms with Gasteiger partial charge in [0.2, 0.25) is 10.0 Å². The van der Waals surface area contributed by atoms with E-state index < -0.39 is 10.0 Å². The van der Waals surface area contributed by atoms with Gasteiger partial charge in [-0.3, -0.25) is 0 Å².